The van der Waals surface area contributed by atoms with E-state index in [4.69, 9.17) is 6.42 Å². The van der Waals surface area contributed by atoms with Crippen LogP contribution in [0.15, 0.2) is 24.3 Å². The van der Waals surface area contributed by atoms with Crippen LogP contribution in [0.5, 0.6) is 0 Å². The molecule has 0 saturated heterocycles. The summed E-state index contributed by atoms with van der Waals surface area (Å²) in [6.45, 7) is 0.214. The Labute approximate surface area is 78.4 Å². The topological polar surface area (TPSA) is 20.2 Å². The molecule has 1 fully saturated rings. The van der Waals surface area contributed by atoms with Crippen molar-refractivity contribution in [2.45, 2.75) is 18.3 Å². The van der Waals surface area contributed by atoms with E-state index in [9.17, 15) is 5.11 Å². The predicted octanol–water partition coefficient (Wildman–Crippen LogP) is 1.69. The maximum atomic E-state index is 9.26. The third kappa shape index (κ3) is 1.24. The van der Waals surface area contributed by atoms with Crippen molar-refractivity contribution >= 4 is 0 Å². The lowest BCUT2D eigenvalue weighted by Crippen LogP contribution is -2.13. The summed E-state index contributed by atoms with van der Waals surface area (Å²) in [5.41, 5.74) is 2.05. The summed E-state index contributed by atoms with van der Waals surface area (Å²) >= 11 is 0. The lowest BCUT2D eigenvalue weighted by molar-refractivity contribution is 0.255. The van der Waals surface area contributed by atoms with Gasteiger partial charge in [0.2, 0.25) is 0 Å². The SMILES string of the molecule is C#Cc1ccccc1C1(CO)CC1. The fourth-order valence-electron chi connectivity index (χ4n) is 1.73. The number of rotatable bonds is 2. The Balaban J connectivity index is 2.46. The Hall–Kier alpha value is -1.26. The van der Waals surface area contributed by atoms with E-state index in [1.165, 1.54) is 0 Å². The normalized spacial score (nSPS) is 17.8. The molecular weight excluding hydrogens is 160 g/mol. The van der Waals surface area contributed by atoms with Crippen LogP contribution in [0.3, 0.4) is 0 Å². The fraction of sp³-hybridized carbons (Fsp3) is 0.333. The second kappa shape index (κ2) is 2.90. The summed E-state index contributed by atoms with van der Waals surface area (Å²) in [4.78, 5) is 0. The summed E-state index contributed by atoms with van der Waals surface area (Å²) < 4.78 is 0. The third-order valence-electron chi connectivity index (χ3n) is 2.81. The van der Waals surface area contributed by atoms with Gasteiger partial charge < -0.3 is 5.11 Å². The van der Waals surface area contributed by atoms with Crippen LogP contribution in [0.2, 0.25) is 0 Å². The summed E-state index contributed by atoms with van der Waals surface area (Å²) in [5.74, 6) is 2.66. The van der Waals surface area contributed by atoms with Gasteiger partial charge in [0, 0.05) is 11.0 Å². The first kappa shape index (κ1) is 8.34. The Morgan fingerprint density at radius 2 is 2.08 bits per heavy atom. The quantitative estimate of drug-likeness (QED) is 0.673. The van der Waals surface area contributed by atoms with Gasteiger partial charge in [0.1, 0.15) is 0 Å². The summed E-state index contributed by atoms with van der Waals surface area (Å²) in [6, 6.07) is 7.88. The molecule has 2 rings (SSSR count). The highest BCUT2D eigenvalue weighted by Gasteiger charge is 2.44. The van der Waals surface area contributed by atoms with Crippen molar-refractivity contribution < 1.29 is 5.11 Å². The average molecular weight is 172 g/mol. The molecule has 0 heterocycles. The van der Waals surface area contributed by atoms with Crippen molar-refractivity contribution in [3.63, 3.8) is 0 Å². The van der Waals surface area contributed by atoms with Crippen molar-refractivity contribution in [1.82, 2.24) is 0 Å². The first-order valence-electron chi connectivity index (χ1n) is 4.49. The lowest BCUT2D eigenvalue weighted by atomic mass is 9.92. The molecule has 1 aromatic carbocycles. The highest BCUT2D eigenvalue weighted by Crippen LogP contribution is 2.48. The van der Waals surface area contributed by atoms with Crippen LogP contribution in [-0.2, 0) is 5.41 Å². The van der Waals surface area contributed by atoms with Crippen molar-refractivity contribution in [2.75, 3.05) is 6.61 Å². The van der Waals surface area contributed by atoms with Gasteiger partial charge in [0.25, 0.3) is 0 Å². The number of hydrogen-bond donors (Lipinski definition) is 1. The van der Waals surface area contributed by atoms with Crippen LogP contribution in [0.25, 0.3) is 0 Å². The second-order valence-electron chi connectivity index (χ2n) is 3.63. The van der Waals surface area contributed by atoms with Gasteiger partial charge in [-0.15, -0.1) is 6.42 Å². The molecule has 0 aromatic heterocycles. The molecule has 1 nitrogen and oxygen atoms in total. The van der Waals surface area contributed by atoms with Gasteiger partial charge in [0.05, 0.1) is 6.61 Å². The molecule has 1 saturated carbocycles. The van der Waals surface area contributed by atoms with Crippen LogP contribution in [0.4, 0.5) is 0 Å². The molecule has 0 atom stereocenters. The van der Waals surface area contributed by atoms with E-state index in [0.29, 0.717) is 0 Å². The zero-order chi connectivity index (χ0) is 9.31. The van der Waals surface area contributed by atoms with Gasteiger partial charge in [-0.3, -0.25) is 0 Å². The number of hydrogen-bond acceptors (Lipinski definition) is 1. The Morgan fingerprint density at radius 3 is 2.62 bits per heavy atom. The predicted molar refractivity (Wildman–Crippen MR) is 52.4 cm³/mol. The van der Waals surface area contributed by atoms with Gasteiger partial charge >= 0.3 is 0 Å². The molecule has 0 spiro atoms. The highest BCUT2D eigenvalue weighted by atomic mass is 16.3. The van der Waals surface area contributed by atoms with Crippen LogP contribution in [0.1, 0.15) is 24.0 Å². The molecule has 66 valence electrons. The largest absolute Gasteiger partial charge is 0.395 e. The Morgan fingerprint density at radius 1 is 1.38 bits per heavy atom. The molecule has 0 amide bonds. The van der Waals surface area contributed by atoms with E-state index in [2.05, 4.69) is 5.92 Å². The van der Waals surface area contributed by atoms with Gasteiger partial charge in [0.15, 0.2) is 0 Å². The first-order chi connectivity index (χ1) is 6.32. The zero-order valence-electron chi connectivity index (χ0n) is 7.46. The summed E-state index contributed by atoms with van der Waals surface area (Å²) in [7, 11) is 0. The minimum Gasteiger partial charge on any atom is -0.395 e. The molecule has 1 aliphatic rings. The van der Waals surface area contributed by atoms with Crippen LogP contribution in [0, 0.1) is 12.3 Å². The first-order valence-corrected chi connectivity index (χ1v) is 4.49. The second-order valence-corrected chi connectivity index (χ2v) is 3.63. The maximum Gasteiger partial charge on any atom is 0.0528 e. The molecule has 13 heavy (non-hydrogen) atoms. The number of benzene rings is 1. The molecular formula is C12H12O. The average Bonchev–Trinajstić information content (AvgIpc) is 2.98. The van der Waals surface area contributed by atoms with Crippen molar-refractivity contribution in [3.8, 4) is 12.3 Å². The van der Waals surface area contributed by atoms with Crippen molar-refractivity contribution in [2.24, 2.45) is 0 Å². The zero-order valence-corrected chi connectivity index (χ0v) is 7.46. The molecule has 1 aliphatic carbocycles. The molecule has 0 unspecified atom stereocenters. The van der Waals surface area contributed by atoms with Gasteiger partial charge in [-0.2, -0.15) is 0 Å². The molecule has 1 heteroatoms. The van der Waals surface area contributed by atoms with Crippen molar-refractivity contribution in [3.05, 3.63) is 35.4 Å². The smallest absolute Gasteiger partial charge is 0.0528 e. The van der Waals surface area contributed by atoms with E-state index in [0.717, 1.165) is 24.0 Å². The monoisotopic (exact) mass is 172 g/mol. The van der Waals surface area contributed by atoms with E-state index in [1.807, 2.05) is 24.3 Å². The number of terminal acetylenes is 1. The summed E-state index contributed by atoms with van der Waals surface area (Å²) in [6.07, 6.45) is 7.51. The molecule has 0 radical (unpaired) electrons. The number of aliphatic hydroxyl groups excluding tert-OH is 1. The molecule has 1 aromatic rings. The van der Waals surface area contributed by atoms with Gasteiger partial charge in [-0.25, -0.2) is 0 Å². The van der Waals surface area contributed by atoms with E-state index in [-0.39, 0.29) is 12.0 Å². The highest BCUT2D eigenvalue weighted by molar-refractivity contribution is 5.46. The fourth-order valence-corrected chi connectivity index (χ4v) is 1.73. The van der Waals surface area contributed by atoms with Crippen LogP contribution >= 0.6 is 0 Å². The van der Waals surface area contributed by atoms with Gasteiger partial charge in [-0.05, 0) is 24.5 Å². The van der Waals surface area contributed by atoms with Crippen molar-refractivity contribution in [1.29, 1.82) is 0 Å². The minimum atomic E-state index is -0.0109. The summed E-state index contributed by atoms with van der Waals surface area (Å²) in [5, 5.41) is 9.26. The maximum absolute atomic E-state index is 9.26. The van der Waals surface area contributed by atoms with Crippen LogP contribution in [-0.4, -0.2) is 11.7 Å². The van der Waals surface area contributed by atoms with E-state index >= 15 is 0 Å². The Bertz CT molecular complexity index is 356. The standard InChI is InChI=1S/C12H12O/c1-2-10-5-3-4-6-11(10)12(9-13)7-8-12/h1,3-6,13H,7-9H2. The van der Waals surface area contributed by atoms with E-state index < -0.39 is 0 Å². The van der Waals surface area contributed by atoms with E-state index in [1.54, 1.807) is 0 Å². The number of aliphatic hydroxyl groups is 1. The lowest BCUT2D eigenvalue weighted by Gasteiger charge is -2.13. The molecule has 1 N–H and O–H groups in total. The van der Waals surface area contributed by atoms with Crippen LogP contribution < -0.4 is 0 Å². The third-order valence-corrected chi connectivity index (χ3v) is 2.81. The Kier molecular flexibility index (Phi) is 1.86. The molecule has 0 bridgehead atoms. The molecule has 0 aliphatic heterocycles. The minimum absolute atomic E-state index is 0.0109. The van der Waals surface area contributed by atoms with Gasteiger partial charge in [-0.1, -0.05) is 24.1 Å².